The molecular formula is C22H26N4O3. The van der Waals surface area contributed by atoms with Gasteiger partial charge in [-0.25, -0.2) is 0 Å². The average Bonchev–Trinajstić information content (AvgIpc) is 2.77. The molecule has 0 spiro atoms. The third-order valence-corrected chi connectivity index (χ3v) is 4.96. The van der Waals surface area contributed by atoms with Crippen LogP contribution in [-0.2, 0) is 17.8 Å². The second-order valence-corrected chi connectivity index (χ2v) is 6.70. The van der Waals surface area contributed by atoms with Crippen LogP contribution in [0.4, 0.5) is 0 Å². The monoisotopic (exact) mass is 394 g/mol. The number of aromatic nitrogens is 2. The topological polar surface area (TPSA) is 99.4 Å². The Labute approximate surface area is 170 Å². The van der Waals surface area contributed by atoms with E-state index in [0.717, 1.165) is 27.7 Å². The molecular weight excluding hydrogens is 368 g/mol. The molecule has 1 unspecified atom stereocenters. The highest BCUT2D eigenvalue weighted by atomic mass is 16.5. The van der Waals surface area contributed by atoms with Crippen molar-refractivity contribution in [1.29, 1.82) is 0 Å². The summed E-state index contributed by atoms with van der Waals surface area (Å²) in [5.74, 6) is 0.734. The van der Waals surface area contributed by atoms with Gasteiger partial charge in [0.1, 0.15) is 0 Å². The van der Waals surface area contributed by atoms with Crippen molar-refractivity contribution in [3.63, 3.8) is 0 Å². The number of fused-ring (bicyclic) bond motifs is 1. The summed E-state index contributed by atoms with van der Waals surface area (Å²) in [6.07, 6.45) is 4.15. The number of nitrogens with zero attached hydrogens (tertiary/aromatic N) is 2. The van der Waals surface area contributed by atoms with Crippen molar-refractivity contribution in [1.82, 2.24) is 15.3 Å². The summed E-state index contributed by atoms with van der Waals surface area (Å²) >= 11 is 0. The Balaban J connectivity index is 1.86. The molecule has 1 aromatic carbocycles. The van der Waals surface area contributed by atoms with E-state index in [2.05, 4.69) is 15.3 Å². The molecule has 0 fully saturated rings. The summed E-state index contributed by atoms with van der Waals surface area (Å²) in [7, 11) is 3.17. The highest BCUT2D eigenvalue weighted by Gasteiger charge is 2.21. The number of methoxy groups -OCH3 is 2. The minimum atomic E-state index is -0.390. The van der Waals surface area contributed by atoms with Gasteiger partial charge in [-0.3, -0.25) is 14.8 Å². The van der Waals surface area contributed by atoms with Crippen LogP contribution >= 0.6 is 0 Å². The number of hydrogen-bond acceptors (Lipinski definition) is 6. The lowest BCUT2D eigenvalue weighted by Crippen LogP contribution is -2.30. The fourth-order valence-corrected chi connectivity index (χ4v) is 3.30. The van der Waals surface area contributed by atoms with Gasteiger partial charge < -0.3 is 20.5 Å². The third-order valence-electron chi connectivity index (χ3n) is 4.96. The minimum Gasteiger partial charge on any atom is -0.493 e. The third kappa shape index (κ3) is 4.46. The van der Waals surface area contributed by atoms with Gasteiger partial charge in [0.25, 0.3) is 0 Å². The van der Waals surface area contributed by atoms with Gasteiger partial charge in [0.15, 0.2) is 11.5 Å². The number of nitrogens with one attached hydrogen (secondary N) is 1. The van der Waals surface area contributed by atoms with Crippen molar-refractivity contribution >= 4 is 16.7 Å². The van der Waals surface area contributed by atoms with Gasteiger partial charge in [0.05, 0.1) is 25.8 Å². The number of ether oxygens (including phenoxy) is 2. The average molecular weight is 394 g/mol. The van der Waals surface area contributed by atoms with Crippen molar-refractivity contribution < 1.29 is 14.3 Å². The summed E-state index contributed by atoms with van der Waals surface area (Å²) in [6, 6.07) is 9.49. The Morgan fingerprint density at radius 3 is 2.48 bits per heavy atom. The van der Waals surface area contributed by atoms with Crippen LogP contribution in [0, 0.1) is 0 Å². The van der Waals surface area contributed by atoms with E-state index in [0.29, 0.717) is 24.5 Å². The van der Waals surface area contributed by atoms with E-state index in [1.54, 1.807) is 26.6 Å². The molecule has 0 aliphatic rings. The van der Waals surface area contributed by atoms with Crippen molar-refractivity contribution in [2.24, 2.45) is 5.73 Å². The van der Waals surface area contributed by atoms with Gasteiger partial charge in [-0.05, 0) is 42.1 Å². The van der Waals surface area contributed by atoms with Gasteiger partial charge >= 0.3 is 0 Å². The minimum absolute atomic E-state index is 0.0701. The molecule has 0 aliphatic carbocycles. The fraction of sp³-hybridized carbons (Fsp3) is 0.318. The highest BCUT2D eigenvalue weighted by Crippen LogP contribution is 2.36. The molecule has 1 atom stereocenters. The first kappa shape index (κ1) is 20.5. The van der Waals surface area contributed by atoms with E-state index in [4.69, 9.17) is 15.2 Å². The molecule has 1 amide bonds. The number of rotatable bonds is 8. The number of carbonyl (C=O) groups is 1. The number of benzene rings is 1. The number of pyridine rings is 2. The molecule has 2 aromatic heterocycles. The van der Waals surface area contributed by atoms with Crippen molar-refractivity contribution in [2.75, 3.05) is 20.8 Å². The smallest absolute Gasteiger partial charge is 0.227 e. The molecule has 0 bridgehead atoms. The Bertz CT molecular complexity index is 992. The lowest BCUT2D eigenvalue weighted by molar-refractivity contribution is -0.122. The Morgan fingerprint density at radius 2 is 1.86 bits per heavy atom. The number of hydrogen-bond donors (Lipinski definition) is 2. The van der Waals surface area contributed by atoms with Crippen LogP contribution in [0.5, 0.6) is 11.5 Å². The first-order valence-electron chi connectivity index (χ1n) is 9.50. The Hall–Kier alpha value is -3.19. The standard InChI is InChI=1S/C22H26N4O3/c1-14(22(27)25-9-7-15-6-4-5-8-24-15)18-13-26-19(12-23)17-11-21(29-3)20(28-2)10-16(17)18/h4-6,8,10-11,13-14H,7,9,12,23H2,1-3H3,(H,25,27). The van der Waals surface area contributed by atoms with Crippen LogP contribution in [0.3, 0.4) is 0 Å². The van der Waals surface area contributed by atoms with Crippen LogP contribution in [-0.4, -0.2) is 36.6 Å². The molecule has 152 valence electrons. The molecule has 3 N–H and O–H groups in total. The van der Waals surface area contributed by atoms with E-state index in [1.807, 2.05) is 37.3 Å². The number of carbonyl (C=O) groups excluding carboxylic acids is 1. The SMILES string of the molecule is COc1cc2c(C(C)C(=O)NCCc3ccccn3)cnc(CN)c2cc1OC. The van der Waals surface area contributed by atoms with Gasteiger partial charge in [-0.15, -0.1) is 0 Å². The Kier molecular flexibility index (Phi) is 6.61. The normalized spacial score (nSPS) is 11.9. The lowest BCUT2D eigenvalue weighted by Gasteiger charge is -2.18. The molecule has 0 aliphatic heterocycles. The van der Waals surface area contributed by atoms with Crippen LogP contribution in [0.2, 0.25) is 0 Å². The first-order chi connectivity index (χ1) is 14.1. The van der Waals surface area contributed by atoms with E-state index in [1.165, 1.54) is 0 Å². The quantitative estimate of drug-likeness (QED) is 0.609. The second kappa shape index (κ2) is 9.34. The molecule has 0 radical (unpaired) electrons. The van der Waals surface area contributed by atoms with Gasteiger partial charge in [0, 0.05) is 43.0 Å². The van der Waals surface area contributed by atoms with Crippen LogP contribution in [0.25, 0.3) is 10.8 Å². The molecule has 3 aromatic rings. The summed E-state index contributed by atoms with van der Waals surface area (Å²) in [4.78, 5) is 21.5. The van der Waals surface area contributed by atoms with Gasteiger partial charge in [-0.1, -0.05) is 6.07 Å². The summed E-state index contributed by atoms with van der Waals surface area (Å²) < 4.78 is 10.9. The van der Waals surface area contributed by atoms with E-state index in [-0.39, 0.29) is 12.5 Å². The predicted molar refractivity (Wildman–Crippen MR) is 112 cm³/mol. The van der Waals surface area contributed by atoms with Crippen molar-refractivity contribution in [3.05, 3.63) is 59.7 Å². The predicted octanol–water partition coefficient (Wildman–Crippen LogP) is 2.57. The highest BCUT2D eigenvalue weighted by molar-refractivity contribution is 5.95. The maximum Gasteiger partial charge on any atom is 0.227 e. The molecule has 0 saturated heterocycles. The van der Waals surface area contributed by atoms with Crippen molar-refractivity contribution in [2.45, 2.75) is 25.8 Å². The van der Waals surface area contributed by atoms with Gasteiger partial charge in [0.2, 0.25) is 5.91 Å². The maximum atomic E-state index is 12.8. The molecule has 0 saturated carbocycles. The summed E-state index contributed by atoms with van der Waals surface area (Å²) in [6.45, 7) is 2.67. The van der Waals surface area contributed by atoms with E-state index >= 15 is 0 Å². The first-order valence-corrected chi connectivity index (χ1v) is 9.50. The van der Waals surface area contributed by atoms with Crippen LogP contribution < -0.4 is 20.5 Å². The van der Waals surface area contributed by atoms with Crippen LogP contribution in [0.15, 0.2) is 42.7 Å². The van der Waals surface area contributed by atoms with Crippen LogP contribution in [0.1, 0.15) is 29.8 Å². The molecule has 7 nitrogen and oxygen atoms in total. The fourth-order valence-electron chi connectivity index (χ4n) is 3.30. The number of amides is 1. The zero-order valence-electron chi connectivity index (χ0n) is 16.9. The number of nitrogens with two attached hydrogens (primary N) is 1. The van der Waals surface area contributed by atoms with E-state index in [9.17, 15) is 4.79 Å². The zero-order chi connectivity index (χ0) is 20.8. The maximum absolute atomic E-state index is 12.8. The summed E-state index contributed by atoms with van der Waals surface area (Å²) in [5.41, 5.74) is 8.36. The largest absolute Gasteiger partial charge is 0.493 e. The molecule has 29 heavy (non-hydrogen) atoms. The van der Waals surface area contributed by atoms with Gasteiger partial charge in [-0.2, -0.15) is 0 Å². The lowest BCUT2D eigenvalue weighted by atomic mass is 9.94. The summed E-state index contributed by atoms with van der Waals surface area (Å²) in [5, 5.41) is 4.72. The zero-order valence-corrected chi connectivity index (χ0v) is 16.9. The Morgan fingerprint density at radius 1 is 1.14 bits per heavy atom. The molecule has 2 heterocycles. The molecule has 3 rings (SSSR count). The molecule has 7 heteroatoms. The van der Waals surface area contributed by atoms with Crippen molar-refractivity contribution in [3.8, 4) is 11.5 Å². The second-order valence-electron chi connectivity index (χ2n) is 6.70. The van der Waals surface area contributed by atoms with E-state index < -0.39 is 5.92 Å².